The van der Waals surface area contributed by atoms with Gasteiger partial charge < -0.3 is 25.4 Å². The third-order valence-electron chi connectivity index (χ3n) is 6.00. The highest BCUT2D eigenvalue weighted by Crippen LogP contribution is 2.42. The topological polar surface area (TPSA) is 230 Å². The lowest BCUT2D eigenvalue weighted by Gasteiger charge is -2.49. The number of thiazole rings is 1. The number of nitrogens with one attached hydrogen (secondary N) is 2. The van der Waals surface area contributed by atoms with Crippen LogP contribution in [0.2, 0.25) is 0 Å². The van der Waals surface area contributed by atoms with E-state index in [2.05, 4.69) is 25.5 Å². The molecule has 17 nitrogen and oxygen atoms in total. The van der Waals surface area contributed by atoms with Crippen LogP contribution in [-0.2, 0) is 40.5 Å². The van der Waals surface area contributed by atoms with E-state index in [1.165, 1.54) is 40.9 Å². The van der Waals surface area contributed by atoms with Gasteiger partial charge in [0.2, 0.25) is 6.79 Å². The third kappa shape index (κ3) is 6.97. The first kappa shape index (κ1) is 32.7. The molecule has 0 saturated carbocycles. The number of H-pyrrole nitrogens is 1. The normalized spacial score (nSPS) is 18.3. The lowest BCUT2D eigenvalue weighted by molar-refractivity contribution is -0.173. The molecule has 4 rings (SSSR count). The molecule has 2 aromatic heterocycles. The minimum atomic E-state index is -1.04. The van der Waals surface area contributed by atoms with Crippen molar-refractivity contribution in [2.75, 3.05) is 31.1 Å². The fraction of sp³-hybridized carbons (Fsp3) is 0.458. The Morgan fingerprint density at radius 3 is 2.59 bits per heavy atom. The third-order valence-corrected chi connectivity index (χ3v) is 9.13. The predicted molar refractivity (Wildman–Crippen MR) is 159 cm³/mol. The van der Waals surface area contributed by atoms with Crippen molar-refractivity contribution < 1.29 is 33.5 Å². The Balaban J connectivity index is 1.56. The number of esters is 2. The number of aromatic nitrogens is 4. The summed E-state index contributed by atoms with van der Waals surface area (Å²) in [4.78, 5) is 89.0. The van der Waals surface area contributed by atoms with E-state index in [4.69, 9.17) is 20.0 Å². The van der Waals surface area contributed by atoms with Crippen molar-refractivity contribution in [3.05, 3.63) is 43.1 Å². The van der Waals surface area contributed by atoms with Crippen LogP contribution in [-0.4, -0.2) is 90.9 Å². The maximum atomic E-state index is 13.4. The SMILES string of the molecule is CO/N=C(/C(=O)NC1C(=O)N2C(C(=O)OCOC(=O)C(C)(C)C)=C(CSc3nc(=O)c(=O)[nH]n3C)CSC12)c1csc(N)n1. The highest BCUT2D eigenvalue weighted by atomic mass is 32.2. The number of rotatable bonds is 10. The molecular weight excluding hydrogens is 641 g/mol. The zero-order valence-electron chi connectivity index (χ0n) is 24.1. The predicted octanol–water partition coefficient (Wildman–Crippen LogP) is -0.606. The summed E-state index contributed by atoms with van der Waals surface area (Å²) in [6, 6.07) is -1.04. The number of nitrogens with two attached hydrogens (primary N) is 1. The molecular formula is C24H28N8O9S3. The molecule has 20 heteroatoms. The van der Waals surface area contributed by atoms with Crippen LogP contribution in [0.1, 0.15) is 26.5 Å². The monoisotopic (exact) mass is 668 g/mol. The molecule has 0 spiro atoms. The van der Waals surface area contributed by atoms with Gasteiger partial charge in [0, 0.05) is 23.9 Å². The van der Waals surface area contributed by atoms with Crippen LogP contribution in [0.15, 0.2) is 36.6 Å². The number of fused-ring (bicyclic) bond motifs is 1. The van der Waals surface area contributed by atoms with Gasteiger partial charge in [-0.3, -0.25) is 38.7 Å². The largest absolute Gasteiger partial charge is 0.427 e. The van der Waals surface area contributed by atoms with Crippen LogP contribution in [0.4, 0.5) is 5.13 Å². The summed E-state index contributed by atoms with van der Waals surface area (Å²) in [5.74, 6) is -2.59. The molecule has 2 aliphatic heterocycles. The number of carbonyl (C=O) groups is 4. The van der Waals surface area contributed by atoms with Gasteiger partial charge in [-0.25, -0.2) is 9.78 Å². The Kier molecular flexibility index (Phi) is 9.84. The Bertz CT molecular complexity index is 1670. The van der Waals surface area contributed by atoms with Crippen LogP contribution >= 0.6 is 34.9 Å². The van der Waals surface area contributed by atoms with Crippen LogP contribution in [0.25, 0.3) is 0 Å². The van der Waals surface area contributed by atoms with Gasteiger partial charge in [0.1, 0.15) is 29.9 Å². The zero-order valence-corrected chi connectivity index (χ0v) is 26.5. The number of hydrogen-bond acceptors (Lipinski definition) is 16. The summed E-state index contributed by atoms with van der Waals surface area (Å²) >= 11 is 3.41. The average molecular weight is 669 g/mol. The van der Waals surface area contributed by atoms with E-state index < -0.39 is 58.5 Å². The highest BCUT2D eigenvalue weighted by molar-refractivity contribution is 8.01. The van der Waals surface area contributed by atoms with E-state index in [0.717, 1.165) is 23.1 Å². The molecule has 44 heavy (non-hydrogen) atoms. The Morgan fingerprint density at radius 2 is 1.95 bits per heavy atom. The van der Waals surface area contributed by atoms with Crippen molar-refractivity contribution in [1.82, 2.24) is 30.0 Å². The molecule has 2 unspecified atom stereocenters. The molecule has 0 aromatic carbocycles. The van der Waals surface area contributed by atoms with Crippen molar-refractivity contribution in [3.8, 4) is 0 Å². The van der Waals surface area contributed by atoms with Crippen molar-refractivity contribution in [2.24, 2.45) is 17.6 Å². The molecule has 1 fully saturated rings. The van der Waals surface area contributed by atoms with E-state index in [1.54, 1.807) is 20.8 Å². The van der Waals surface area contributed by atoms with E-state index in [9.17, 15) is 28.8 Å². The number of β-lactam (4-membered cyclic amide) rings is 1. The number of hydrogen-bond donors (Lipinski definition) is 3. The van der Waals surface area contributed by atoms with Gasteiger partial charge in [0.05, 0.1) is 5.41 Å². The Labute approximate surface area is 261 Å². The van der Waals surface area contributed by atoms with Gasteiger partial charge in [0.15, 0.2) is 16.0 Å². The second kappa shape index (κ2) is 13.2. The molecule has 0 radical (unpaired) electrons. The van der Waals surface area contributed by atoms with Crippen molar-refractivity contribution in [2.45, 2.75) is 37.3 Å². The van der Waals surface area contributed by atoms with Crippen molar-refractivity contribution in [3.63, 3.8) is 0 Å². The number of thioether (sulfide) groups is 2. The Hall–Kier alpha value is -4.17. The van der Waals surface area contributed by atoms with Crippen molar-refractivity contribution >= 4 is 69.5 Å². The number of amides is 2. The minimum absolute atomic E-state index is 0.0783. The number of aromatic amines is 1. The van der Waals surface area contributed by atoms with E-state index >= 15 is 0 Å². The van der Waals surface area contributed by atoms with Crippen LogP contribution in [0, 0.1) is 5.41 Å². The van der Waals surface area contributed by atoms with E-state index in [1.807, 2.05) is 0 Å². The highest BCUT2D eigenvalue weighted by Gasteiger charge is 2.54. The lowest BCUT2D eigenvalue weighted by atomic mass is 9.98. The summed E-state index contributed by atoms with van der Waals surface area (Å²) in [6.45, 7) is 4.21. The zero-order chi connectivity index (χ0) is 32.3. The molecule has 1 saturated heterocycles. The van der Waals surface area contributed by atoms with Crippen LogP contribution in [0.3, 0.4) is 0 Å². The van der Waals surface area contributed by atoms with Gasteiger partial charge in [-0.2, -0.15) is 4.98 Å². The summed E-state index contributed by atoms with van der Waals surface area (Å²) < 4.78 is 11.5. The molecule has 0 bridgehead atoms. The maximum Gasteiger partial charge on any atom is 0.357 e. The van der Waals surface area contributed by atoms with Gasteiger partial charge >= 0.3 is 23.1 Å². The summed E-state index contributed by atoms with van der Waals surface area (Å²) in [5.41, 5.74) is 3.27. The standard InChI is InChI=1S/C24H28N8O9S3/c1-24(2,3)21(38)41-9-40-20(37)14-10(7-44-23-28-16(34)17(35)29-31(23)4)6-42-19-13(18(36)32(14)19)27-15(33)12(30-39-5)11-8-43-22(25)26-11/h8,13,19H,6-7,9H2,1-5H3,(H2,25,26)(H,27,33)(H,29,35)/b30-12+. The number of nitrogen functional groups attached to an aromatic ring is 1. The summed E-state index contributed by atoms with van der Waals surface area (Å²) in [6.07, 6.45) is 0. The Morgan fingerprint density at radius 1 is 1.23 bits per heavy atom. The van der Waals surface area contributed by atoms with E-state index in [-0.39, 0.29) is 38.9 Å². The number of oxime groups is 1. The van der Waals surface area contributed by atoms with Crippen molar-refractivity contribution in [1.29, 1.82) is 0 Å². The van der Waals surface area contributed by atoms with Crippen LogP contribution in [0.5, 0.6) is 0 Å². The molecule has 0 aliphatic carbocycles. The fourth-order valence-electron chi connectivity index (χ4n) is 3.85. The summed E-state index contributed by atoms with van der Waals surface area (Å²) in [5, 5.41) is 9.86. The molecule has 236 valence electrons. The smallest absolute Gasteiger partial charge is 0.357 e. The molecule has 4 heterocycles. The molecule has 2 atom stereocenters. The number of ether oxygens (including phenoxy) is 2. The average Bonchev–Trinajstić information content (AvgIpc) is 3.39. The van der Waals surface area contributed by atoms with Gasteiger partial charge in [0.25, 0.3) is 11.8 Å². The minimum Gasteiger partial charge on any atom is -0.427 e. The second-order valence-electron chi connectivity index (χ2n) is 10.2. The number of carbonyl (C=O) groups excluding carboxylic acids is 4. The fourth-order valence-corrected chi connectivity index (χ4v) is 6.80. The molecule has 2 aromatic rings. The molecule has 2 aliphatic rings. The molecule has 2 amide bonds. The first-order chi connectivity index (χ1) is 20.7. The first-order valence-electron chi connectivity index (χ1n) is 12.7. The van der Waals surface area contributed by atoms with Crippen LogP contribution < -0.4 is 22.2 Å². The quantitative estimate of drug-likeness (QED) is 0.0546. The van der Waals surface area contributed by atoms with E-state index in [0.29, 0.717) is 5.57 Å². The first-order valence-corrected chi connectivity index (χ1v) is 15.6. The second-order valence-corrected chi connectivity index (χ2v) is 13.2. The molecule has 4 N–H and O–H groups in total. The number of anilines is 1. The number of aryl methyl sites for hydroxylation is 1. The van der Waals surface area contributed by atoms with Gasteiger partial charge in [-0.05, 0) is 26.3 Å². The van der Waals surface area contributed by atoms with Gasteiger partial charge in [-0.1, -0.05) is 16.9 Å². The summed E-state index contributed by atoms with van der Waals surface area (Å²) in [7, 11) is 2.74. The maximum absolute atomic E-state index is 13.4. The number of nitrogens with zero attached hydrogens (tertiary/aromatic N) is 5. The lowest BCUT2D eigenvalue weighted by Crippen LogP contribution is -2.71. The van der Waals surface area contributed by atoms with Gasteiger partial charge in [-0.15, -0.1) is 23.1 Å².